The van der Waals surface area contributed by atoms with Crippen molar-refractivity contribution >= 4 is 35.7 Å². The van der Waals surface area contributed by atoms with Gasteiger partial charge in [-0.1, -0.05) is 119 Å². The highest BCUT2D eigenvalue weighted by Crippen LogP contribution is 2.32. The summed E-state index contributed by atoms with van der Waals surface area (Å²) in [7, 11) is 0. The van der Waals surface area contributed by atoms with Crippen LogP contribution in [0.5, 0.6) is 0 Å². The molecule has 12 heteroatoms. The van der Waals surface area contributed by atoms with Gasteiger partial charge in [0.15, 0.2) is 0 Å². The van der Waals surface area contributed by atoms with Crippen LogP contribution in [0.25, 0.3) is 0 Å². The molecule has 0 radical (unpaired) electrons. The topological polar surface area (TPSA) is 214 Å². The van der Waals surface area contributed by atoms with E-state index in [4.69, 9.17) is 0 Å². The van der Waals surface area contributed by atoms with Crippen LogP contribution in [-0.4, -0.2) is 46.6 Å². The van der Waals surface area contributed by atoms with Gasteiger partial charge in [-0.25, -0.2) is 9.59 Å². The highest BCUT2D eigenvalue weighted by Gasteiger charge is 2.51. The van der Waals surface area contributed by atoms with E-state index in [1.165, 1.54) is 0 Å². The fourth-order valence-electron chi connectivity index (χ4n) is 6.14. The fourth-order valence-corrected chi connectivity index (χ4v) is 6.14. The zero-order chi connectivity index (χ0) is 36.1. The Balaban J connectivity index is 0.000000270. The van der Waals surface area contributed by atoms with E-state index >= 15 is 0 Å². The number of benzene rings is 4. The van der Waals surface area contributed by atoms with Gasteiger partial charge in [0, 0.05) is 0 Å². The van der Waals surface area contributed by atoms with Gasteiger partial charge in [0.1, 0.15) is 10.8 Å². The lowest BCUT2D eigenvalue weighted by atomic mass is 9.74. The number of barbiturate groups is 2. The van der Waals surface area contributed by atoms with Gasteiger partial charge in [-0.05, 0) is 75.6 Å². The van der Waals surface area contributed by atoms with E-state index in [-0.39, 0.29) is 36.6 Å². The minimum absolute atomic E-state index is 0. The van der Waals surface area contributed by atoms with Crippen LogP contribution in [0.2, 0.25) is 0 Å². The molecule has 0 atom stereocenters. The Hall–Kier alpha value is -5.98. The second kappa shape index (κ2) is 16.8. The average Bonchev–Trinajstić information content (AvgIpc) is 3.07. The summed E-state index contributed by atoms with van der Waals surface area (Å²) in [6.07, 6.45) is 0.913. The van der Waals surface area contributed by atoms with Crippen LogP contribution >= 0.6 is 0 Å². The first kappa shape index (κ1) is 40.4. The molecule has 2 saturated heterocycles. The van der Waals surface area contributed by atoms with Crippen LogP contribution in [-0.2, 0) is 44.9 Å². The van der Waals surface area contributed by atoms with E-state index in [2.05, 4.69) is 21.3 Å². The van der Waals surface area contributed by atoms with E-state index in [0.29, 0.717) is 0 Å². The molecule has 12 nitrogen and oxygen atoms in total. The second-order valence-electron chi connectivity index (χ2n) is 13.3. The summed E-state index contributed by atoms with van der Waals surface area (Å²) in [5.41, 5.74) is 5.20. The monoisotopic (exact) mass is 708 g/mol. The SMILES string of the molecule is Cc1ccc(CC2(Cc3ccc(C)cc3)C(=O)NC(=O)NC2=O)cc1.Cc1ccc(CC2(Cc3ccc(C)cc3)C(=O)NC(=O)NC2=O)cc1.O.O. The van der Waals surface area contributed by atoms with Crippen molar-refractivity contribution in [2.75, 3.05) is 0 Å². The normalized spacial score (nSPS) is 15.7. The van der Waals surface area contributed by atoms with Crippen molar-refractivity contribution in [1.82, 2.24) is 21.3 Å². The van der Waals surface area contributed by atoms with Crippen molar-refractivity contribution in [3.05, 3.63) is 142 Å². The lowest BCUT2D eigenvalue weighted by Crippen LogP contribution is -2.64. The molecule has 0 saturated carbocycles. The van der Waals surface area contributed by atoms with Crippen LogP contribution in [0.4, 0.5) is 9.59 Å². The summed E-state index contributed by atoms with van der Waals surface area (Å²) in [5.74, 6) is -2.21. The molecule has 2 heterocycles. The number of imide groups is 4. The number of amides is 8. The molecule has 6 rings (SSSR count). The van der Waals surface area contributed by atoms with Crippen LogP contribution < -0.4 is 21.3 Å². The van der Waals surface area contributed by atoms with Gasteiger partial charge in [-0.3, -0.25) is 40.4 Å². The summed E-state index contributed by atoms with van der Waals surface area (Å²) >= 11 is 0. The largest absolute Gasteiger partial charge is 0.412 e. The minimum atomic E-state index is -1.35. The number of hydrogen-bond donors (Lipinski definition) is 4. The van der Waals surface area contributed by atoms with Crippen LogP contribution in [0, 0.1) is 38.5 Å². The first-order chi connectivity index (χ1) is 23.8. The van der Waals surface area contributed by atoms with Crippen molar-refractivity contribution < 1.29 is 39.7 Å². The molecule has 272 valence electrons. The van der Waals surface area contributed by atoms with Gasteiger partial charge in [-0.2, -0.15) is 0 Å². The molecule has 4 aromatic rings. The molecule has 4 aromatic carbocycles. The number of urea groups is 2. The van der Waals surface area contributed by atoms with Crippen molar-refractivity contribution in [1.29, 1.82) is 0 Å². The van der Waals surface area contributed by atoms with Gasteiger partial charge in [0.25, 0.3) is 0 Å². The molecule has 52 heavy (non-hydrogen) atoms. The van der Waals surface area contributed by atoms with Crippen molar-refractivity contribution in [2.24, 2.45) is 10.8 Å². The van der Waals surface area contributed by atoms with Crippen LogP contribution in [0.3, 0.4) is 0 Å². The maximum absolute atomic E-state index is 12.7. The van der Waals surface area contributed by atoms with E-state index in [1.54, 1.807) is 0 Å². The molecule has 8 amide bonds. The molecule has 0 bridgehead atoms. The number of rotatable bonds is 8. The number of hydrogen-bond acceptors (Lipinski definition) is 6. The van der Waals surface area contributed by atoms with E-state index in [0.717, 1.165) is 44.5 Å². The van der Waals surface area contributed by atoms with E-state index in [1.807, 2.05) is 125 Å². The van der Waals surface area contributed by atoms with E-state index < -0.39 is 46.5 Å². The third-order valence-corrected chi connectivity index (χ3v) is 9.15. The Morgan fingerprint density at radius 1 is 0.346 bits per heavy atom. The Labute approximate surface area is 302 Å². The van der Waals surface area contributed by atoms with Gasteiger partial charge in [-0.15, -0.1) is 0 Å². The summed E-state index contributed by atoms with van der Waals surface area (Å²) in [4.78, 5) is 73.8. The molecular formula is C40H44N4O8. The second-order valence-corrected chi connectivity index (χ2v) is 13.3. The molecule has 0 unspecified atom stereocenters. The highest BCUT2D eigenvalue weighted by atomic mass is 16.2. The Morgan fingerprint density at radius 3 is 0.692 bits per heavy atom. The summed E-state index contributed by atoms with van der Waals surface area (Å²) in [6, 6.07) is 29.3. The highest BCUT2D eigenvalue weighted by molar-refractivity contribution is 6.20. The Morgan fingerprint density at radius 2 is 0.519 bits per heavy atom. The lowest BCUT2D eigenvalue weighted by Gasteiger charge is -2.34. The minimum Gasteiger partial charge on any atom is -0.412 e. The Bertz CT molecular complexity index is 1660. The Kier molecular flexibility index (Phi) is 13.1. The zero-order valence-corrected chi connectivity index (χ0v) is 29.5. The summed E-state index contributed by atoms with van der Waals surface area (Å²) < 4.78 is 0. The van der Waals surface area contributed by atoms with E-state index in [9.17, 15) is 28.8 Å². The molecule has 2 aliphatic heterocycles. The molecular weight excluding hydrogens is 664 g/mol. The van der Waals surface area contributed by atoms with Crippen molar-refractivity contribution in [2.45, 2.75) is 53.4 Å². The molecule has 2 aliphatic rings. The van der Waals surface area contributed by atoms with Crippen molar-refractivity contribution in [3.8, 4) is 0 Å². The molecule has 8 N–H and O–H groups in total. The van der Waals surface area contributed by atoms with Gasteiger partial charge in [0.05, 0.1) is 0 Å². The molecule has 2 fully saturated rings. The van der Waals surface area contributed by atoms with Crippen LogP contribution in [0.15, 0.2) is 97.1 Å². The smallest absolute Gasteiger partial charge is 0.328 e. The van der Waals surface area contributed by atoms with Crippen LogP contribution in [0.1, 0.15) is 44.5 Å². The predicted octanol–water partition coefficient (Wildman–Crippen LogP) is 3.23. The third-order valence-electron chi connectivity index (χ3n) is 9.15. The first-order valence-electron chi connectivity index (χ1n) is 16.3. The van der Waals surface area contributed by atoms with Gasteiger partial charge >= 0.3 is 12.1 Å². The average molecular weight is 709 g/mol. The molecule has 0 aromatic heterocycles. The third kappa shape index (κ3) is 9.22. The summed E-state index contributed by atoms with van der Waals surface area (Å²) in [5, 5.41) is 9.02. The number of carbonyl (C=O) groups is 6. The maximum Gasteiger partial charge on any atom is 0.328 e. The zero-order valence-electron chi connectivity index (χ0n) is 29.5. The van der Waals surface area contributed by atoms with Gasteiger partial charge in [0.2, 0.25) is 23.6 Å². The number of carbonyl (C=O) groups excluding carboxylic acids is 6. The maximum atomic E-state index is 12.7. The lowest BCUT2D eigenvalue weighted by molar-refractivity contribution is -0.146. The van der Waals surface area contributed by atoms with Crippen molar-refractivity contribution in [3.63, 3.8) is 0 Å². The standard InChI is InChI=1S/2C20H20N2O3.2H2O/c2*1-13-3-7-15(8-4-13)11-20(12-16-9-5-14(2)6-10-16)17(23)21-19(25)22-18(20)24;;/h2*3-10H,11-12H2,1-2H3,(H2,21,22,23,24,25);2*1H2. The predicted molar refractivity (Wildman–Crippen MR) is 195 cm³/mol. The first-order valence-corrected chi connectivity index (χ1v) is 16.3. The van der Waals surface area contributed by atoms with Gasteiger partial charge < -0.3 is 11.0 Å². The quantitative estimate of drug-likeness (QED) is 0.202. The molecule has 0 spiro atoms. The fraction of sp³-hybridized carbons (Fsp3) is 0.250. The molecule has 0 aliphatic carbocycles. The number of aryl methyl sites for hydroxylation is 4. The number of nitrogens with one attached hydrogen (secondary N) is 4. The summed E-state index contributed by atoms with van der Waals surface area (Å²) in [6.45, 7) is 7.91.